The Labute approximate surface area is 55.9 Å². The molecule has 1 nitrogen and oxygen atoms in total. The zero-order valence-corrected chi connectivity index (χ0v) is 6.13. The highest BCUT2D eigenvalue weighted by Crippen LogP contribution is 1.99. The van der Waals surface area contributed by atoms with Gasteiger partial charge in [-0.2, -0.15) is 0 Å². The van der Waals surface area contributed by atoms with Gasteiger partial charge in [-0.05, 0) is 17.9 Å². The summed E-state index contributed by atoms with van der Waals surface area (Å²) < 4.78 is 0. The number of hydrogen-bond acceptors (Lipinski definition) is 2. The molecule has 0 amide bonds. The average molecular weight is 129 g/mol. The summed E-state index contributed by atoms with van der Waals surface area (Å²) in [6.07, 6.45) is 1.86. The van der Waals surface area contributed by atoms with Crippen molar-refractivity contribution < 1.29 is 0 Å². The maximum absolute atomic E-state index is 4.05. The molecule has 0 saturated heterocycles. The van der Waals surface area contributed by atoms with E-state index in [4.69, 9.17) is 0 Å². The van der Waals surface area contributed by atoms with E-state index in [2.05, 4.69) is 24.5 Å². The van der Waals surface area contributed by atoms with Gasteiger partial charge < -0.3 is 5.32 Å². The number of hydrogen-bond donors (Lipinski definition) is 2. The van der Waals surface area contributed by atoms with Crippen LogP contribution in [0.2, 0.25) is 0 Å². The summed E-state index contributed by atoms with van der Waals surface area (Å²) in [6.45, 7) is 5.59. The molecule has 0 fully saturated rings. The van der Waals surface area contributed by atoms with Crippen LogP contribution in [0.4, 0.5) is 0 Å². The number of rotatable bonds is 2. The quantitative estimate of drug-likeness (QED) is 0.426. The van der Waals surface area contributed by atoms with Gasteiger partial charge in [0.15, 0.2) is 0 Å². The van der Waals surface area contributed by atoms with Crippen LogP contribution in [0.5, 0.6) is 0 Å². The van der Waals surface area contributed by atoms with Gasteiger partial charge in [0.1, 0.15) is 0 Å². The van der Waals surface area contributed by atoms with Crippen LogP contribution in [0.25, 0.3) is 0 Å². The van der Waals surface area contributed by atoms with Crippen LogP contribution in [0.15, 0.2) is 23.3 Å². The van der Waals surface area contributed by atoms with E-state index in [1.807, 2.05) is 20.0 Å². The molecule has 0 aliphatic heterocycles. The molecule has 0 rings (SSSR count). The van der Waals surface area contributed by atoms with E-state index in [1.165, 1.54) is 0 Å². The minimum atomic E-state index is 0.887. The minimum Gasteiger partial charge on any atom is -0.389 e. The van der Waals surface area contributed by atoms with Crippen molar-refractivity contribution in [1.82, 2.24) is 5.32 Å². The standard InChI is InChI=1S/C6H11NS/c1-5(7-3)4-6(2)8/h4,7-8H,1H2,2-3H3/b6-4+. The van der Waals surface area contributed by atoms with Crippen molar-refractivity contribution in [1.29, 1.82) is 0 Å². The van der Waals surface area contributed by atoms with Crippen LogP contribution >= 0.6 is 12.6 Å². The van der Waals surface area contributed by atoms with Crippen molar-refractivity contribution >= 4 is 12.6 Å². The van der Waals surface area contributed by atoms with E-state index in [1.54, 1.807) is 0 Å². The van der Waals surface area contributed by atoms with E-state index in [0.29, 0.717) is 0 Å². The Morgan fingerprint density at radius 2 is 2.25 bits per heavy atom. The molecule has 0 aromatic rings. The zero-order chi connectivity index (χ0) is 6.57. The van der Waals surface area contributed by atoms with Gasteiger partial charge in [0.05, 0.1) is 0 Å². The summed E-state index contributed by atoms with van der Waals surface area (Å²) in [5, 5.41) is 2.88. The van der Waals surface area contributed by atoms with E-state index >= 15 is 0 Å². The van der Waals surface area contributed by atoms with Crippen LogP contribution < -0.4 is 5.32 Å². The molecular formula is C6H11NS. The van der Waals surface area contributed by atoms with E-state index in [9.17, 15) is 0 Å². The van der Waals surface area contributed by atoms with Crippen molar-refractivity contribution in [3.63, 3.8) is 0 Å². The number of nitrogens with one attached hydrogen (secondary N) is 1. The van der Waals surface area contributed by atoms with Crippen LogP contribution in [0.3, 0.4) is 0 Å². The number of thiol groups is 1. The van der Waals surface area contributed by atoms with Gasteiger partial charge >= 0.3 is 0 Å². The maximum atomic E-state index is 4.05. The Morgan fingerprint density at radius 3 is 2.38 bits per heavy atom. The van der Waals surface area contributed by atoms with Gasteiger partial charge in [-0.25, -0.2) is 0 Å². The molecule has 0 radical (unpaired) electrons. The molecule has 0 heterocycles. The maximum Gasteiger partial charge on any atom is 0.0272 e. The van der Waals surface area contributed by atoms with Crippen LogP contribution in [-0.4, -0.2) is 7.05 Å². The molecule has 0 unspecified atom stereocenters. The summed E-state index contributed by atoms with van der Waals surface area (Å²) in [7, 11) is 1.83. The Hall–Kier alpha value is -0.370. The van der Waals surface area contributed by atoms with Crippen molar-refractivity contribution in [2.75, 3.05) is 7.05 Å². The molecule has 0 aromatic carbocycles. The predicted octanol–water partition coefficient (Wildman–Crippen LogP) is 1.55. The summed E-state index contributed by atoms with van der Waals surface area (Å²) >= 11 is 4.05. The molecule has 2 heteroatoms. The average Bonchev–Trinajstić information content (AvgIpc) is 1.65. The molecule has 0 saturated carbocycles. The third-order valence-electron chi connectivity index (χ3n) is 0.704. The van der Waals surface area contributed by atoms with E-state index in [0.717, 1.165) is 10.6 Å². The van der Waals surface area contributed by atoms with Gasteiger partial charge in [-0.3, -0.25) is 0 Å². The first-order chi connectivity index (χ1) is 3.66. The van der Waals surface area contributed by atoms with Crippen LogP contribution in [-0.2, 0) is 0 Å². The second-order valence-corrected chi connectivity index (χ2v) is 2.27. The smallest absolute Gasteiger partial charge is 0.0272 e. The summed E-state index contributed by atoms with van der Waals surface area (Å²) in [5.41, 5.74) is 0.887. The molecule has 1 N–H and O–H groups in total. The topological polar surface area (TPSA) is 12.0 Å². The molecule has 0 aromatic heterocycles. The highest BCUT2D eigenvalue weighted by molar-refractivity contribution is 7.84. The number of allylic oxidation sites excluding steroid dienone is 2. The molecule has 0 aliphatic carbocycles. The lowest BCUT2D eigenvalue weighted by Gasteiger charge is -1.95. The zero-order valence-electron chi connectivity index (χ0n) is 5.23. The van der Waals surface area contributed by atoms with Gasteiger partial charge in [0, 0.05) is 12.7 Å². The fourth-order valence-corrected chi connectivity index (χ4v) is 0.480. The lowest BCUT2D eigenvalue weighted by Crippen LogP contribution is -2.00. The van der Waals surface area contributed by atoms with E-state index in [-0.39, 0.29) is 0 Å². The van der Waals surface area contributed by atoms with Crippen LogP contribution in [0.1, 0.15) is 6.92 Å². The highest BCUT2D eigenvalue weighted by Gasteiger charge is 1.79. The Kier molecular flexibility index (Phi) is 3.44. The monoisotopic (exact) mass is 129 g/mol. The predicted molar refractivity (Wildman–Crippen MR) is 40.9 cm³/mol. The van der Waals surface area contributed by atoms with Gasteiger partial charge in [-0.1, -0.05) is 6.58 Å². The fourth-order valence-electron chi connectivity index (χ4n) is 0.324. The van der Waals surface area contributed by atoms with Gasteiger partial charge in [0.25, 0.3) is 0 Å². The van der Waals surface area contributed by atoms with Crippen molar-refractivity contribution in [3.8, 4) is 0 Å². The number of likely N-dealkylation sites (N-methyl/N-ethyl adjacent to an activating group) is 1. The first-order valence-electron chi connectivity index (χ1n) is 2.40. The largest absolute Gasteiger partial charge is 0.389 e. The molecule has 0 bridgehead atoms. The summed E-state index contributed by atoms with van der Waals surface area (Å²) in [6, 6.07) is 0. The van der Waals surface area contributed by atoms with E-state index < -0.39 is 0 Å². The molecule has 0 atom stereocenters. The first kappa shape index (κ1) is 7.63. The highest BCUT2D eigenvalue weighted by atomic mass is 32.1. The van der Waals surface area contributed by atoms with Crippen LogP contribution in [0, 0.1) is 0 Å². The third kappa shape index (κ3) is 3.81. The van der Waals surface area contributed by atoms with Crippen molar-refractivity contribution in [2.45, 2.75) is 6.92 Å². The van der Waals surface area contributed by atoms with Gasteiger partial charge in [-0.15, -0.1) is 12.6 Å². The van der Waals surface area contributed by atoms with Crippen molar-refractivity contribution in [2.24, 2.45) is 0 Å². The molecule has 46 valence electrons. The summed E-state index contributed by atoms with van der Waals surface area (Å²) in [5.74, 6) is 0. The summed E-state index contributed by atoms with van der Waals surface area (Å²) in [4.78, 5) is 0.962. The minimum absolute atomic E-state index is 0.887. The molecule has 8 heavy (non-hydrogen) atoms. The SMILES string of the molecule is C=C(/C=C(\C)S)NC. The Morgan fingerprint density at radius 1 is 1.75 bits per heavy atom. The Balaban J connectivity index is 3.70. The lowest BCUT2D eigenvalue weighted by atomic mass is 10.4. The van der Waals surface area contributed by atoms with Crippen molar-refractivity contribution in [3.05, 3.63) is 23.3 Å². The lowest BCUT2D eigenvalue weighted by molar-refractivity contribution is 1.04. The second kappa shape index (κ2) is 3.61. The first-order valence-corrected chi connectivity index (χ1v) is 2.85. The normalized spacial score (nSPS) is 11.1. The third-order valence-corrected chi connectivity index (χ3v) is 0.833. The van der Waals surface area contributed by atoms with Gasteiger partial charge in [0.2, 0.25) is 0 Å². The Bertz CT molecular complexity index is 112. The molecular weight excluding hydrogens is 118 g/mol. The fraction of sp³-hybridized carbons (Fsp3) is 0.333. The molecule has 0 aliphatic rings. The second-order valence-electron chi connectivity index (χ2n) is 1.56. The molecule has 0 spiro atoms.